The Balaban J connectivity index is 0.00000133. The molecule has 99 valence electrons. The third kappa shape index (κ3) is 2.37. The molecule has 0 atom stereocenters. The van der Waals surface area contributed by atoms with Gasteiger partial charge in [0.25, 0.3) is 0 Å². The summed E-state index contributed by atoms with van der Waals surface area (Å²) in [5.41, 5.74) is 0.510. The monoisotopic (exact) mass is 434 g/mol. The van der Waals surface area contributed by atoms with Crippen LogP contribution in [0, 0.1) is 5.82 Å². The first kappa shape index (κ1) is 13.6. The van der Waals surface area contributed by atoms with Crippen LogP contribution >= 0.6 is 0 Å². The Morgan fingerprint density at radius 1 is 1.37 bits per heavy atom. The molecular formula is C11H8FN4O2Re-. The maximum atomic E-state index is 13.2. The van der Waals surface area contributed by atoms with E-state index in [4.69, 9.17) is 0 Å². The molecule has 1 aliphatic heterocycles. The number of amides is 3. The Morgan fingerprint density at radius 3 is 2.89 bits per heavy atom. The fourth-order valence-electron chi connectivity index (χ4n) is 1.90. The van der Waals surface area contributed by atoms with Crippen molar-refractivity contribution in [1.29, 1.82) is 0 Å². The summed E-state index contributed by atoms with van der Waals surface area (Å²) in [5, 5.41) is 10.4. The van der Waals surface area contributed by atoms with E-state index in [2.05, 4.69) is 15.5 Å². The van der Waals surface area contributed by atoms with Crippen LogP contribution < -0.4 is 15.3 Å². The number of urea groups is 1. The molecule has 0 saturated carbocycles. The quantitative estimate of drug-likeness (QED) is 0.721. The number of nitrogens with zero attached hydrogens (tertiary/aromatic N) is 3. The molecule has 1 radical (unpaired) electrons. The van der Waals surface area contributed by atoms with E-state index < -0.39 is 11.8 Å². The van der Waals surface area contributed by atoms with Crippen LogP contribution in [0.4, 0.5) is 15.0 Å². The molecule has 0 unspecified atom stereocenters. The Hall–Kier alpha value is -1.78. The van der Waals surface area contributed by atoms with Gasteiger partial charge in [0, 0.05) is 38.8 Å². The first-order chi connectivity index (χ1) is 8.65. The average Bonchev–Trinajstić information content (AvgIpc) is 2.72. The molecule has 19 heavy (non-hydrogen) atoms. The van der Waals surface area contributed by atoms with E-state index in [0.717, 1.165) is 0 Å². The summed E-state index contributed by atoms with van der Waals surface area (Å²) in [4.78, 5) is 24.0. The van der Waals surface area contributed by atoms with Crippen LogP contribution in [0.3, 0.4) is 0 Å². The molecule has 1 aromatic carbocycles. The van der Waals surface area contributed by atoms with Crippen LogP contribution in [-0.4, -0.2) is 23.6 Å². The fraction of sp³-hybridized carbons (Fsp3) is 0.182. The number of nitrogens with one attached hydrogen (secondary N) is 1. The molecular weight excluding hydrogens is 425 g/mol. The normalized spacial score (nSPS) is 15.3. The van der Waals surface area contributed by atoms with Crippen molar-refractivity contribution in [1.82, 2.24) is 15.5 Å². The first-order valence-corrected chi connectivity index (χ1v) is 5.35. The second-order valence-electron chi connectivity index (χ2n) is 3.94. The van der Waals surface area contributed by atoms with Crippen molar-refractivity contribution in [2.45, 2.75) is 6.42 Å². The van der Waals surface area contributed by atoms with Gasteiger partial charge < -0.3 is 10.2 Å². The average molecular weight is 433 g/mol. The maximum absolute atomic E-state index is 13.2. The molecule has 2 aromatic rings. The van der Waals surface area contributed by atoms with Gasteiger partial charge in [0.05, 0.1) is 0 Å². The second kappa shape index (κ2) is 5.07. The number of aromatic nitrogens is 2. The number of halogens is 1. The van der Waals surface area contributed by atoms with Crippen molar-refractivity contribution in [2.75, 3.05) is 11.4 Å². The van der Waals surface area contributed by atoms with Gasteiger partial charge in [-0.2, -0.15) is 0 Å². The van der Waals surface area contributed by atoms with E-state index in [0.29, 0.717) is 10.9 Å². The number of benzene rings is 1. The third-order valence-electron chi connectivity index (χ3n) is 2.76. The van der Waals surface area contributed by atoms with E-state index >= 15 is 0 Å². The van der Waals surface area contributed by atoms with Gasteiger partial charge in [-0.3, -0.25) is 15.0 Å². The Kier molecular flexibility index (Phi) is 3.64. The molecule has 1 N–H and O–H groups in total. The number of anilines is 1. The van der Waals surface area contributed by atoms with Crippen molar-refractivity contribution >= 4 is 28.7 Å². The van der Waals surface area contributed by atoms with Crippen molar-refractivity contribution in [2.24, 2.45) is 0 Å². The van der Waals surface area contributed by atoms with Gasteiger partial charge in [0.1, 0.15) is 11.6 Å². The summed E-state index contributed by atoms with van der Waals surface area (Å²) in [5.74, 6) is -0.479. The molecule has 1 aliphatic rings. The standard InChI is InChI=1S/C11H9FN4O2.Re/c12-6-1-2-8-7(5-6)10(15-14-8)16-4-3-9(17)13-11(16)18;/h1-2,5H,3-4H2,(H2,13,14,15,17,18);/p-1. The first-order valence-electron chi connectivity index (χ1n) is 5.35. The zero-order chi connectivity index (χ0) is 12.7. The van der Waals surface area contributed by atoms with Gasteiger partial charge in [-0.15, -0.1) is 5.52 Å². The minimum atomic E-state index is -0.558. The summed E-state index contributed by atoms with van der Waals surface area (Å²) in [7, 11) is 0. The van der Waals surface area contributed by atoms with Crippen molar-refractivity contribution in [3.8, 4) is 0 Å². The van der Waals surface area contributed by atoms with Crippen LogP contribution in [0.2, 0.25) is 0 Å². The van der Waals surface area contributed by atoms with Gasteiger partial charge >= 0.3 is 6.03 Å². The molecule has 6 nitrogen and oxygen atoms in total. The largest absolute Gasteiger partial charge is 0.573 e. The Labute approximate surface area is 121 Å². The number of hydrogen-bond acceptors (Lipinski definition) is 3. The van der Waals surface area contributed by atoms with Crippen LogP contribution in [-0.2, 0) is 25.2 Å². The SMILES string of the molecule is O=C1CCN(c2n[n-]c3ccc(F)cc23)C(=O)N1.[Re]. The van der Waals surface area contributed by atoms with E-state index in [9.17, 15) is 14.0 Å². The Bertz CT molecular complexity index is 657. The van der Waals surface area contributed by atoms with Crippen molar-refractivity contribution < 1.29 is 34.4 Å². The molecule has 1 fully saturated rings. The molecule has 3 rings (SSSR count). The van der Waals surface area contributed by atoms with Crippen molar-refractivity contribution in [3.63, 3.8) is 0 Å². The summed E-state index contributed by atoms with van der Waals surface area (Å²) in [6, 6.07) is 3.49. The van der Waals surface area contributed by atoms with Gasteiger partial charge in [-0.05, 0) is 12.1 Å². The number of hydrogen-bond donors (Lipinski definition) is 1. The molecule has 2 heterocycles. The summed E-state index contributed by atoms with van der Waals surface area (Å²) in [6.45, 7) is 0.217. The summed E-state index contributed by atoms with van der Waals surface area (Å²) in [6.07, 6.45) is 0.190. The van der Waals surface area contributed by atoms with E-state index in [1.807, 2.05) is 0 Å². The number of fused-ring (bicyclic) bond motifs is 1. The number of rotatable bonds is 1. The molecule has 3 amide bonds. The number of imide groups is 1. The smallest absolute Gasteiger partial charge is 0.329 e. The summed E-state index contributed by atoms with van der Waals surface area (Å²) >= 11 is 0. The van der Waals surface area contributed by atoms with Crippen molar-refractivity contribution in [3.05, 3.63) is 24.0 Å². The van der Waals surface area contributed by atoms with Gasteiger partial charge in [0.15, 0.2) is 0 Å². The second-order valence-corrected chi connectivity index (χ2v) is 3.94. The van der Waals surface area contributed by atoms with Crippen LogP contribution in [0.25, 0.3) is 10.9 Å². The molecule has 8 heteroatoms. The minimum absolute atomic E-state index is 0. The minimum Gasteiger partial charge on any atom is -0.573 e. The molecule has 0 spiro atoms. The zero-order valence-corrected chi connectivity index (χ0v) is 12.3. The topological polar surface area (TPSA) is 76.4 Å². The predicted octanol–water partition coefficient (Wildman–Crippen LogP) is 0.775. The number of carbonyl (C=O) groups is 2. The van der Waals surface area contributed by atoms with Gasteiger partial charge in [-0.25, -0.2) is 9.18 Å². The Morgan fingerprint density at radius 2 is 2.16 bits per heavy atom. The molecule has 0 aliphatic carbocycles. The predicted molar refractivity (Wildman–Crippen MR) is 60.5 cm³/mol. The number of carbonyl (C=O) groups excluding carboxylic acids is 2. The third-order valence-corrected chi connectivity index (χ3v) is 2.76. The molecule has 1 aromatic heterocycles. The summed E-state index contributed by atoms with van der Waals surface area (Å²) < 4.78 is 13.2. The van der Waals surface area contributed by atoms with Crippen LogP contribution in [0.5, 0.6) is 0 Å². The van der Waals surface area contributed by atoms with E-state index in [-0.39, 0.29) is 45.1 Å². The van der Waals surface area contributed by atoms with Crippen LogP contribution in [0.1, 0.15) is 6.42 Å². The van der Waals surface area contributed by atoms with E-state index in [1.54, 1.807) is 0 Å². The fourth-order valence-corrected chi connectivity index (χ4v) is 1.90. The van der Waals surface area contributed by atoms with Gasteiger partial charge in [0.2, 0.25) is 5.91 Å². The molecule has 1 saturated heterocycles. The maximum Gasteiger partial charge on any atom is 0.329 e. The van der Waals surface area contributed by atoms with E-state index in [1.165, 1.54) is 23.1 Å². The molecule has 0 bridgehead atoms. The van der Waals surface area contributed by atoms with Crippen LogP contribution in [0.15, 0.2) is 18.2 Å². The van der Waals surface area contributed by atoms with Gasteiger partial charge in [-0.1, -0.05) is 6.07 Å². The zero-order valence-electron chi connectivity index (χ0n) is 9.56.